The molecule has 2 unspecified atom stereocenters. The molecule has 0 spiro atoms. The first-order valence-corrected chi connectivity index (χ1v) is 6.98. The van der Waals surface area contributed by atoms with Gasteiger partial charge in [0.05, 0.1) is 5.60 Å². The molecule has 100 valence electrons. The molecule has 2 rings (SSSR count). The molecule has 1 fully saturated rings. The van der Waals surface area contributed by atoms with E-state index in [2.05, 4.69) is 6.92 Å². The first-order chi connectivity index (χ1) is 8.49. The zero-order valence-electron chi connectivity index (χ0n) is 11.6. The molecule has 1 nitrogen and oxygen atoms in total. The minimum absolute atomic E-state index is 0.183. The maximum Gasteiger partial charge on any atom is 0.129 e. The highest BCUT2D eigenvalue weighted by Gasteiger charge is 2.41. The van der Waals surface area contributed by atoms with E-state index < -0.39 is 5.60 Å². The maximum absolute atomic E-state index is 14.3. The van der Waals surface area contributed by atoms with Crippen molar-refractivity contribution in [2.75, 3.05) is 0 Å². The zero-order valence-corrected chi connectivity index (χ0v) is 11.6. The Morgan fingerprint density at radius 1 is 1.33 bits per heavy atom. The van der Waals surface area contributed by atoms with E-state index in [0.717, 1.165) is 36.8 Å². The van der Waals surface area contributed by atoms with Crippen molar-refractivity contribution in [1.82, 2.24) is 0 Å². The Morgan fingerprint density at radius 3 is 2.67 bits per heavy atom. The monoisotopic (exact) mass is 250 g/mol. The second-order valence-electron chi connectivity index (χ2n) is 5.71. The molecular formula is C16H23FO. The largest absolute Gasteiger partial charge is 0.385 e. The number of aryl methyl sites for hydroxylation is 2. The first kappa shape index (κ1) is 13.5. The number of rotatable bonds is 2. The molecule has 1 aliphatic rings. The fourth-order valence-electron chi connectivity index (χ4n) is 3.56. The number of benzene rings is 1. The smallest absolute Gasteiger partial charge is 0.129 e. The molecule has 18 heavy (non-hydrogen) atoms. The van der Waals surface area contributed by atoms with Crippen LogP contribution in [0.15, 0.2) is 12.1 Å². The Labute approximate surface area is 109 Å². The van der Waals surface area contributed by atoms with E-state index in [1.54, 1.807) is 6.07 Å². The van der Waals surface area contributed by atoms with Gasteiger partial charge in [-0.3, -0.25) is 0 Å². The third-order valence-electron chi connectivity index (χ3n) is 4.39. The van der Waals surface area contributed by atoms with E-state index in [1.807, 2.05) is 19.9 Å². The summed E-state index contributed by atoms with van der Waals surface area (Å²) in [7, 11) is 0. The van der Waals surface area contributed by atoms with Gasteiger partial charge in [0, 0.05) is 5.56 Å². The third kappa shape index (κ3) is 2.18. The number of hydrogen-bond acceptors (Lipinski definition) is 1. The van der Waals surface area contributed by atoms with Gasteiger partial charge in [-0.25, -0.2) is 4.39 Å². The molecule has 0 aromatic heterocycles. The molecule has 2 atom stereocenters. The second kappa shape index (κ2) is 5.00. The maximum atomic E-state index is 14.3. The molecule has 0 aliphatic heterocycles. The van der Waals surface area contributed by atoms with Crippen LogP contribution in [-0.4, -0.2) is 5.11 Å². The number of hydrogen-bond donors (Lipinski definition) is 1. The van der Waals surface area contributed by atoms with E-state index >= 15 is 0 Å². The predicted molar refractivity (Wildman–Crippen MR) is 72.0 cm³/mol. The van der Waals surface area contributed by atoms with Crippen molar-refractivity contribution in [3.05, 3.63) is 34.6 Å². The third-order valence-corrected chi connectivity index (χ3v) is 4.39. The van der Waals surface area contributed by atoms with E-state index in [4.69, 9.17) is 0 Å². The standard InChI is InChI=1S/C16H23FO/c1-4-13-7-5-6-8-16(13,18)15-12(3)9-11(2)10-14(15)17/h9-10,13,18H,4-8H2,1-3H3. The van der Waals surface area contributed by atoms with Gasteiger partial charge < -0.3 is 5.11 Å². The van der Waals surface area contributed by atoms with Crippen LogP contribution in [0.1, 0.15) is 55.7 Å². The first-order valence-electron chi connectivity index (χ1n) is 6.98. The Kier molecular flexibility index (Phi) is 3.76. The highest BCUT2D eigenvalue weighted by molar-refractivity contribution is 5.37. The van der Waals surface area contributed by atoms with Gasteiger partial charge in [-0.1, -0.05) is 32.3 Å². The predicted octanol–water partition coefficient (Wildman–Crippen LogP) is 4.23. The summed E-state index contributed by atoms with van der Waals surface area (Å²) in [6, 6.07) is 3.51. The van der Waals surface area contributed by atoms with Crippen LogP contribution in [0.2, 0.25) is 0 Å². The van der Waals surface area contributed by atoms with Gasteiger partial charge in [-0.2, -0.15) is 0 Å². The highest BCUT2D eigenvalue weighted by Crippen LogP contribution is 2.45. The summed E-state index contributed by atoms with van der Waals surface area (Å²) < 4.78 is 14.3. The lowest BCUT2D eigenvalue weighted by atomic mass is 9.69. The lowest BCUT2D eigenvalue weighted by Gasteiger charge is -2.41. The minimum Gasteiger partial charge on any atom is -0.385 e. The molecule has 2 heteroatoms. The van der Waals surface area contributed by atoms with Gasteiger partial charge in [0.25, 0.3) is 0 Å². The summed E-state index contributed by atoms with van der Waals surface area (Å²) in [5.74, 6) is -0.0579. The zero-order chi connectivity index (χ0) is 13.3. The summed E-state index contributed by atoms with van der Waals surface area (Å²) in [5.41, 5.74) is 1.38. The molecule has 1 N–H and O–H groups in total. The van der Waals surface area contributed by atoms with Gasteiger partial charge >= 0.3 is 0 Å². The normalized spacial score (nSPS) is 28.4. The summed E-state index contributed by atoms with van der Waals surface area (Å²) in [5, 5.41) is 11.0. The molecule has 1 aliphatic carbocycles. The van der Waals surface area contributed by atoms with Crippen molar-refractivity contribution < 1.29 is 9.50 Å². The van der Waals surface area contributed by atoms with Crippen LogP contribution in [0.25, 0.3) is 0 Å². The molecular weight excluding hydrogens is 227 g/mol. The van der Waals surface area contributed by atoms with E-state index in [-0.39, 0.29) is 11.7 Å². The molecule has 0 bridgehead atoms. The molecule has 0 amide bonds. The lowest BCUT2D eigenvalue weighted by Crippen LogP contribution is -2.39. The van der Waals surface area contributed by atoms with E-state index in [9.17, 15) is 9.50 Å². The van der Waals surface area contributed by atoms with Gasteiger partial charge in [-0.15, -0.1) is 0 Å². The van der Waals surface area contributed by atoms with Crippen LogP contribution < -0.4 is 0 Å². The lowest BCUT2D eigenvalue weighted by molar-refractivity contribution is -0.0588. The molecule has 0 radical (unpaired) electrons. The van der Waals surface area contributed by atoms with E-state index in [0.29, 0.717) is 12.0 Å². The van der Waals surface area contributed by atoms with Gasteiger partial charge in [0.1, 0.15) is 5.82 Å². The van der Waals surface area contributed by atoms with Crippen molar-refractivity contribution in [1.29, 1.82) is 0 Å². The summed E-state index contributed by atoms with van der Waals surface area (Å²) in [6.07, 6.45) is 4.72. The van der Waals surface area contributed by atoms with Crippen LogP contribution in [0.5, 0.6) is 0 Å². The average molecular weight is 250 g/mol. The SMILES string of the molecule is CCC1CCCCC1(O)c1c(C)cc(C)cc1F. The van der Waals surface area contributed by atoms with Crippen LogP contribution >= 0.6 is 0 Å². The van der Waals surface area contributed by atoms with Gasteiger partial charge in [0.15, 0.2) is 0 Å². The Hall–Kier alpha value is -0.890. The molecule has 1 aromatic rings. The van der Waals surface area contributed by atoms with Crippen LogP contribution in [0.4, 0.5) is 4.39 Å². The van der Waals surface area contributed by atoms with Crippen molar-refractivity contribution in [3.63, 3.8) is 0 Å². The Morgan fingerprint density at radius 2 is 2.06 bits per heavy atom. The number of aliphatic hydroxyl groups is 1. The molecule has 0 saturated heterocycles. The fourth-order valence-corrected chi connectivity index (χ4v) is 3.56. The van der Waals surface area contributed by atoms with Gasteiger partial charge in [0.2, 0.25) is 0 Å². The quantitative estimate of drug-likeness (QED) is 0.832. The summed E-state index contributed by atoms with van der Waals surface area (Å²) in [6.45, 7) is 5.88. The molecule has 1 saturated carbocycles. The van der Waals surface area contributed by atoms with Gasteiger partial charge in [-0.05, 0) is 49.8 Å². The second-order valence-corrected chi connectivity index (χ2v) is 5.71. The molecule has 1 aromatic carbocycles. The minimum atomic E-state index is -0.963. The Balaban J connectivity index is 2.51. The fraction of sp³-hybridized carbons (Fsp3) is 0.625. The average Bonchev–Trinajstić information content (AvgIpc) is 2.27. The van der Waals surface area contributed by atoms with Crippen molar-refractivity contribution in [2.45, 2.75) is 58.5 Å². The van der Waals surface area contributed by atoms with Crippen LogP contribution in [0, 0.1) is 25.6 Å². The highest BCUT2D eigenvalue weighted by atomic mass is 19.1. The van der Waals surface area contributed by atoms with Crippen molar-refractivity contribution in [3.8, 4) is 0 Å². The van der Waals surface area contributed by atoms with E-state index in [1.165, 1.54) is 0 Å². The Bertz CT molecular complexity index is 418. The number of halogens is 1. The van der Waals surface area contributed by atoms with Crippen molar-refractivity contribution >= 4 is 0 Å². The summed E-state index contributed by atoms with van der Waals surface area (Å²) >= 11 is 0. The summed E-state index contributed by atoms with van der Waals surface area (Å²) in [4.78, 5) is 0. The van der Waals surface area contributed by atoms with Crippen LogP contribution in [-0.2, 0) is 5.60 Å². The van der Waals surface area contributed by atoms with Crippen molar-refractivity contribution in [2.24, 2.45) is 5.92 Å². The topological polar surface area (TPSA) is 20.2 Å². The molecule has 0 heterocycles. The van der Waals surface area contributed by atoms with Crippen LogP contribution in [0.3, 0.4) is 0 Å².